The smallest absolute Gasteiger partial charge is 0.297 e. The van der Waals surface area contributed by atoms with Crippen LogP contribution in [-0.2, 0) is 19.0 Å². The summed E-state index contributed by atoms with van der Waals surface area (Å²) in [5, 5.41) is 12.7. The highest BCUT2D eigenvalue weighted by atomic mass is 35.5. The van der Waals surface area contributed by atoms with Crippen LogP contribution in [0.2, 0.25) is 0 Å². The van der Waals surface area contributed by atoms with Gasteiger partial charge in [0.05, 0.1) is 23.6 Å². The minimum Gasteiger partial charge on any atom is -0.389 e. The first-order chi connectivity index (χ1) is 9.47. The van der Waals surface area contributed by atoms with Crippen LogP contribution in [0, 0.1) is 6.92 Å². The molecule has 0 radical (unpaired) electrons. The summed E-state index contributed by atoms with van der Waals surface area (Å²) in [6.07, 6.45) is -1.65. The van der Waals surface area contributed by atoms with Crippen molar-refractivity contribution in [1.29, 1.82) is 0 Å². The Bertz CT molecular complexity index is 591. The zero-order valence-electron chi connectivity index (χ0n) is 11.4. The van der Waals surface area contributed by atoms with Crippen LogP contribution in [0.4, 0.5) is 0 Å². The maximum absolute atomic E-state index is 12.2. The molecule has 0 amide bonds. The van der Waals surface area contributed by atoms with Crippen molar-refractivity contribution in [2.24, 2.45) is 0 Å². The molecular weight excluding hydrogens is 318 g/mol. The Kier molecular flexibility index (Phi) is 4.92. The van der Waals surface area contributed by atoms with E-state index in [1.807, 2.05) is 6.92 Å². The second-order valence-electron chi connectivity index (χ2n) is 5.20. The highest BCUT2D eigenvalue weighted by Gasteiger charge is 2.47. The summed E-state index contributed by atoms with van der Waals surface area (Å²) in [6.45, 7) is 2.43. The minimum absolute atomic E-state index is 0. The fourth-order valence-corrected chi connectivity index (χ4v) is 3.69. The third-order valence-electron chi connectivity index (χ3n) is 3.71. The first-order valence-electron chi connectivity index (χ1n) is 6.50. The molecule has 1 aromatic rings. The predicted molar refractivity (Wildman–Crippen MR) is 78.0 cm³/mol. The molecule has 0 saturated carbocycles. The summed E-state index contributed by atoms with van der Waals surface area (Å²) in [7, 11) is -3.82. The lowest BCUT2D eigenvalue weighted by atomic mass is 10.1. The lowest BCUT2D eigenvalue weighted by Crippen LogP contribution is -2.37. The van der Waals surface area contributed by atoms with Crippen molar-refractivity contribution in [3.05, 3.63) is 29.8 Å². The number of fused-ring (bicyclic) bond motifs is 1. The number of hydrogen-bond donors (Lipinski definition) is 2. The van der Waals surface area contributed by atoms with Crippen LogP contribution in [0.1, 0.15) is 5.56 Å². The summed E-state index contributed by atoms with van der Waals surface area (Å²) in [6, 6.07) is 6.24. The van der Waals surface area contributed by atoms with E-state index in [1.54, 1.807) is 12.1 Å². The Morgan fingerprint density at radius 2 is 2.00 bits per heavy atom. The number of halogens is 1. The van der Waals surface area contributed by atoms with Crippen molar-refractivity contribution in [3.8, 4) is 0 Å². The van der Waals surface area contributed by atoms with Crippen molar-refractivity contribution < 1.29 is 22.4 Å². The molecule has 1 aromatic carbocycles. The van der Waals surface area contributed by atoms with Crippen LogP contribution in [0.25, 0.3) is 0 Å². The van der Waals surface area contributed by atoms with E-state index in [2.05, 4.69) is 5.32 Å². The number of ether oxygens (including phenoxy) is 1. The summed E-state index contributed by atoms with van der Waals surface area (Å²) >= 11 is 0. The van der Waals surface area contributed by atoms with Crippen LogP contribution in [0.15, 0.2) is 29.2 Å². The molecule has 0 spiro atoms. The second-order valence-corrected chi connectivity index (χ2v) is 6.77. The lowest BCUT2D eigenvalue weighted by Gasteiger charge is -2.17. The molecule has 6 nitrogen and oxygen atoms in total. The van der Waals surface area contributed by atoms with E-state index in [4.69, 9.17) is 8.92 Å². The zero-order chi connectivity index (χ0) is 14.3. The first-order valence-corrected chi connectivity index (χ1v) is 7.91. The molecule has 3 rings (SSSR count). The average Bonchev–Trinajstić information content (AvgIpc) is 2.95. The molecule has 21 heavy (non-hydrogen) atoms. The Morgan fingerprint density at radius 3 is 2.67 bits per heavy atom. The van der Waals surface area contributed by atoms with E-state index in [0.29, 0.717) is 6.54 Å². The molecule has 0 unspecified atom stereocenters. The standard InChI is InChI=1S/C13H17NO5S.ClH/c1-8-2-4-9(5-3-8)20(16,17)19-11-6-14-12-10(15)7-18-13(11)12;/h2-5,10-15H,6-7H2,1H3;1H/t10-,11+,12+,13-;/m0./s1. The fraction of sp³-hybridized carbons (Fsp3) is 0.538. The van der Waals surface area contributed by atoms with E-state index in [1.165, 1.54) is 12.1 Å². The van der Waals surface area contributed by atoms with E-state index in [-0.39, 0.29) is 30.0 Å². The quantitative estimate of drug-likeness (QED) is 0.769. The molecule has 2 aliphatic heterocycles. The Labute approximate surface area is 130 Å². The van der Waals surface area contributed by atoms with Crippen molar-refractivity contribution in [1.82, 2.24) is 5.32 Å². The Morgan fingerprint density at radius 1 is 1.33 bits per heavy atom. The van der Waals surface area contributed by atoms with Crippen molar-refractivity contribution in [2.75, 3.05) is 13.2 Å². The number of aryl methyl sites for hydroxylation is 1. The highest BCUT2D eigenvalue weighted by Crippen LogP contribution is 2.27. The number of nitrogens with one attached hydrogen (secondary N) is 1. The van der Waals surface area contributed by atoms with E-state index < -0.39 is 28.4 Å². The van der Waals surface area contributed by atoms with Gasteiger partial charge in [0.25, 0.3) is 10.1 Å². The maximum Gasteiger partial charge on any atom is 0.297 e. The van der Waals surface area contributed by atoms with Gasteiger partial charge < -0.3 is 15.2 Å². The topological polar surface area (TPSA) is 84.9 Å². The van der Waals surface area contributed by atoms with Gasteiger partial charge in [-0.25, -0.2) is 0 Å². The highest BCUT2D eigenvalue weighted by molar-refractivity contribution is 7.86. The van der Waals surface area contributed by atoms with E-state index >= 15 is 0 Å². The molecule has 118 valence electrons. The fourth-order valence-electron chi connectivity index (χ4n) is 2.61. The molecule has 2 N–H and O–H groups in total. The third kappa shape index (κ3) is 3.23. The van der Waals surface area contributed by atoms with Gasteiger partial charge in [-0.15, -0.1) is 12.4 Å². The van der Waals surface area contributed by atoms with Crippen LogP contribution < -0.4 is 5.32 Å². The number of aliphatic hydroxyl groups excluding tert-OH is 1. The predicted octanol–water partition coefficient (Wildman–Crippen LogP) is 0.222. The average molecular weight is 336 g/mol. The summed E-state index contributed by atoms with van der Waals surface area (Å²) in [4.78, 5) is 0.130. The number of aliphatic hydroxyl groups is 1. The molecule has 2 heterocycles. The molecule has 2 aliphatic rings. The van der Waals surface area contributed by atoms with Gasteiger partial charge in [-0.2, -0.15) is 8.42 Å². The monoisotopic (exact) mass is 335 g/mol. The Balaban J connectivity index is 0.00000161. The van der Waals surface area contributed by atoms with Gasteiger partial charge in [0.1, 0.15) is 12.2 Å². The van der Waals surface area contributed by atoms with Crippen molar-refractivity contribution in [3.63, 3.8) is 0 Å². The molecule has 0 aromatic heterocycles. The van der Waals surface area contributed by atoms with Crippen molar-refractivity contribution in [2.45, 2.75) is 36.2 Å². The van der Waals surface area contributed by atoms with Gasteiger partial charge in [0, 0.05) is 6.54 Å². The molecule has 8 heteroatoms. The van der Waals surface area contributed by atoms with Gasteiger partial charge in [0.15, 0.2) is 0 Å². The van der Waals surface area contributed by atoms with Gasteiger partial charge in [-0.05, 0) is 19.1 Å². The molecule has 2 saturated heterocycles. The second kappa shape index (κ2) is 6.20. The molecule has 0 bridgehead atoms. The van der Waals surface area contributed by atoms with Crippen molar-refractivity contribution >= 4 is 22.5 Å². The third-order valence-corrected chi connectivity index (χ3v) is 5.06. The van der Waals surface area contributed by atoms with Gasteiger partial charge >= 0.3 is 0 Å². The summed E-state index contributed by atoms with van der Waals surface area (Å²) in [5.74, 6) is 0. The summed E-state index contributed by atoms with van der Waals surface area (Å²) in [5.41, 5.74) is 0.980. The van der Waals surface area contributed by atoms with E-state index in [9.17, 15) is 13.5 Å². The lowest BCUT2D eigenvalue weighted by molar-refractivity contribution is 0.0278. The van der Waals surface area contributed by atoms with Gasteiger partial charge in [-0.3, -0.25) is 4.18 Å². The normalized spacial score (nSPS) is 31.7. The van der Waals surface area contributed by atoms with Gasteiger partial charge in [0.2, 0.25) is 0 Å². The van der Waals surface area contributed by atoms with Gasteiger partial charge in [-0.1, -0.05) is 17.7 Å². The first kappa shape index (κ1) is 16.7. The molecular formula is C13H18ClNO5S. The van der Waals surface area contributed by atoms with Crippen LogP contribution in [-0.4, -0.2) is 51.0 Å². The zero-order valence-corrected chi connectivity index (χ0v) is 13.1. The maximum atomic E-state index is 12.2. The number of rotatable bonds is 3. The number of benzene rings is 1. The molecule has 2 fully saturated rings. The van der Waals surface area contributed by atoms with E-state index in [0.717, 1.165) is 5.56 Å². The largest absolute Gasteiger partial charge is 0.389 e. The molecule has 0 aliphatic carbocycles. The number of hydrogen-bond acceptors (Lipinski definition) is 6. The minimum atomic E-state index is -3.82. The summed E-state index contributed by atoms with van der Waals surface area (Å²) < 4.78 is 35.1. The Hall–Kier alpha value is -0.700. The SMILES string of the molecule is Cc1ccc(S(=O)(=O)O[C@@H]2CN[C@H]3[C@H]2OC[C@@H]3O)cc1.Cl. The molecule has 4 atom stereocenters. The van der Waals surface area contributed by atoms with Crippen LogP contribution in [0.5, 0.6) is 0 Å². The van der Waals surface area contributed by atoms with Crippen LogP contribution in [0.3, 0.4) is 0 Å². The van der Waals surface area contributed by atoms with Crippen LogP contribution >= 0.6 is 12.4 Å².